The molecule has 0 unspecified atom stereocenters. The van der Waals surface area contributed by atoms with Crippen molar-refractivity contribution in [1.82, 2.24) is 4.90 Å². The molecule has 1 aromatic rings. The Kier molecular flexibility index (Phi) is 7.13. The minimum atomic E-state index is -0.502. The zero-order valence-corrected chi connectivity index (χ0v) is 17.7. The first kappa shape index (κ1) is 21.6. The van der Waals surface area contributed by atoms with Gasteiger partial charge in [0.25, 0.3) is 0 Å². The summed E-state index contributed by atoms with van der Waals surface area (Å²) in [5.41, 5.74) is 0.675. The molecular weight excluding hydrogens is 369 g/mol. The number of carbonyl (C=O) groups is 1. The summed E-state index contributed by atoms with van der Waals surface area (Å²) in [5.74, 6) is 1.25. The monoisotopic (exact) mass is 401 g/mol. The number of rotatable bonds is 5. The zero-order chi connectivity index (χ0) is 21.0. The van der Waals surface area contributed by atoms with Crippen LogP contribution in [0.25, 0.3) is 0 Å². The van der Waals surface area contributed by atoms with Crippen molar-refractivity contribution in [2.75, 3.05) is 37.7 Å². The van der Waals surface area contributed by atoms with Crippen LogP contribution >= 0.6 is 0 Å². The summed E-state index contributed by atoms with van der Waals surface area (Å²) >= 11 is 0. The second-order valence-electron chi connectivity index (χ2n) is 8.79. The zero-order valence-electron chi connectivity index (χ0n) is 17.7. The van der Waals surface area contributed by atoms with E-state index in [2.05, 4.69) is 20.8 Å². The molecule has 0 N–H and O–H groups in total. The van der Waals surface area contributed by atoms with Crippen molar-refractivity contribution in [2.24, 2.45) is 17.8 Å². The normalized spacial score (nSPS) is 25.2. The van der Waals surface area contributed by atoms with Crippen molar-refractivity contribution < 1.29 is 13.9 Å². The number of halogens is 1. The maximum absolute atomic E-state index is 13.9. The van der Waals surface area contributed by atoms with Crippen molar-refractivity contribution in [3.63, 3.8) is 0 Å². The molecule has 3 rings (SSSR count). The third kappa shape index (κ3) is 5.08. The van der Waals surface area contributed by atoms with Crippen LogP contribution in [0.5, 0.6) is 0 Å². The highest BCUT2D eigenvalue weighted by molar-refractivity contribution is 5.78. The van der Waals surface area contributed by atoms with E-state index in [9.17, 15) is 14.4 Å². The second-order valence-corrected chi connectivity index (χ2v) is 8.79. The average molecular weight is 402 g/mol. The van der Waals surface area contributed by atoms with Crippen LogP contribution in [0.15, 0.2) is 18.2 Å². The molecule has 1 saturated heterocycles. The molecule has 1 aromatic carbocycles. The van der Waals surface area contributed by atoms with E-state index in [-0.39, 0.29) is 24.2 Å². The van der Waals surface area contributed by atoms with Crippen LogP contribution in [-0.4, -0.2) is 49.7 Å². The lowest BCUT2D eigenvalue weighted by atomic mass is 9.75. The molecule has 0 bridgehead atoms. The summed E-state index contributed by atoms with van der Waals surface area (Å²) < 4.78 is 20.0. The number of hydrogen-bond donors (Lipinski definition) is 0. The second kappa shape index (κ2) is 9.58. The van der Waals surface area contributed by atoms with Gasteiger partial charge in [0.15, 0.2) is 0 Å². The lowest BCUT2D eigenvalue weighted by Crippen LogP contribution is -2.50. The quantitative estimate of drug-likeness (QED) is 0.753. The molecule has 1 heterocycles. The van der Waals surface area contributed by atoms with Gasteiger partial charge in [-0.2, -0.15) is 5.26 Å². The molecule has 2 fully saturated rings. The molecule has 158 valence electrons. The summed E-state index contributed by atoms with van der Waals surface area (Å²) in [7, 11) is 0. The van der Waals surface area contributed by atoms with E-state index in [1.54, 1.807) is 12.1 Å². The Balaban J connectivity index is 1.53. The van der Waals surface area contributed by atoms with Crippen molar-refractivity contribution in [2.45, 2.75) is 46.1 Å². The number of nitrogens with zero attached hydrogens (tertiary/aromatic N) is 3. The van der Waals surface area contributed by atoms with Crippen LogP contribution in [0.2, 0.25) is 0 Å². The molecule has 1 aliphatic heterocycles. The van der Waals surface area contributed by atoms with Crippen LogP contribution in [0.3, 0.4) is 0 Å². The fraction of sp³-hybridized carbons (Fsp3) is 0.652. The smallest absolute Gasteiger partial charge is 0.248 e. The van der Waals surface area contributed by atoms with Gasteiger partial charge < -0.3 is 14.5 Å². The molecule has 3 atom stereocenters. The first-order valence-electron chi connectivity index (χ1n) is 10.7. The van der Waals surface area contributed by atoms with Gasteiger partial charge in [-0.1, -0.05) is 33.3 Å². The summed E-state index contributed by atoms with van der Waals surface area (Å²) in [6.07, 6.45) is 3.60. The Bertz CT molecular complexity index is 753. The highest BCUT2D eigenvalue weighted by Gasteiger charge is 2.32. The minimum absolute atomic E-state index is 0.0186. The van der Waals surface area contributed by atoms with E-state index in [4.69, 9.17) is 4.74 Å². The number of anilines is 1. The fourth-order valence-corrected chi connectivity index (χ4v) is 4.66. The lowest BCUT2D eigenvalue weighted by molar-refractivity contribution is -0.141. The number of benzene rings is 1. The molecule has 0 spiro atoms. The highest BCUT2D eigenvalue weighted by Crippen LogP contribution is 2.35. The van der Waals surface area contributed by atoms with Crippen molar-refractivity contribution in [1.29, 1.82) is 5.26 Å². The molecule has 1 saturated carbocycles. The molecule has 6 heteroatoms. The molecular formula is C23H32FN3O2. The van der Waals surface area contributed by atoms with E-state index in [1.165, 1.54) is 18.9 Å². The van der Waals surface area contributed by atoms with E-state index in [0.29, 0.717) is 49.6 Å². The Morgan fingerprint density at radius 1 is 1.28 bits per heavy atom. The summed E-state index contributed by atoms with van der Waals surface area (Å²) in [6.45, 7) is 9.13. The van der Waals surface area contributed by atoms with E-state index in [1.807, 2.05) is 15.9 Å². The first-order chi connectivity index (χ1) is 13.9. The highest BCUT2D eigenvalue weighted by atomic mass is 19.1. The number of amides is 1. The number of hydrogen-bond acceptors (Lipinski definition) is 4. The average Bonchev–Trinajstić information content (AvgIpc) is 2.71. The Labute approximate surface area is 173 Å². The van der Waals surface area contributed by atoms with Gasteiger partial charge in [-0.25, -0.2) is 4.39 Å². The maximum atomic E-state index is 13.9. The van der Waals surface area contributed by atoms with Gasteiger partial charge >= 0.3 is 0 Å². The Morgan fingerprint density at radius 3 is 2.66 bits per heavy atom. The van der Waals surface area contributed by atoms with Gasteiger partial charge in [0.05, 0.1) is 11.8 Å². The number of ether oxygens (including phenoxy) is 1. The molecule has 29 heavy (non-hydrogen) atoms. The SMILES string of the molecule is CC(C)[C@H]1CC[C@@H](C)C[C@@H]1OCC(=O)N1CCN(c2cccc(F)c2C#N)CC1. The van der Waals surface area contributed by atoms with E-state index in [0.717, 1.165) is 6.42 Å². The Hall–Kier alpha value is -2.13. The summed E-state index contributed by atoms with van der Waals surface area (Å²) in [5, 5.41) is 9.25. The van der Waals surface area contributed by atoms with Gasteiger partial charge in [-0.3, -0.25) is 4.79 Å². The third-order valence-electron chi connectivity index (χ3n) is 6.46. The summed E-state index contributed by atoms with van der Waals surface area (Å²) in [4.78, 5) is 16.5. The Morgan fingerprint density at radius 2 is 2.00 bits per heavy atom. The van der Waals surface area contributed by atoms with Crippen LogP contribution in [0, 0.1) is 34.9 Å². The fourth-order valence-electron chi connectivity index (χ4n) is 4.66. The van der Waals surface area contributed by atoms with Crippen LogP contribution in [0.4, 0.5) is 10.1 Å². The molecule has 2 aliphatic rings. The maximum Gasteiger partial charge on any atom is 0.248 e. The predicted molar refractivity (Wildman–Crippen MR) is 111 cm³/mol. The standard InChI is InChI=1S/C23H32FN3O2/c1-16(2)18-8-7-17(3)13-22(18)29-15-23(28)27-11-9-26(10-12-27)21-6-4-5-20(24)19(21)14-25/h4-6,16-18,22H,7-13,15H2,1-3H3/t17-,18-,22+/m1/s1. The third-order valence-corrected chi connectivity index (χ3v) is 6.46. The molecule has 0 aromatic heterocycles. The van der Waals surface area contributed by atoms with Gasteiger partial charge in [0.1, 0.15) is 24.1 Å². The lowest BCUT2D eigenvalue weighted by Gasteiger charge is -2.38. The van der Waals surface area contributed by atoms with Crippen molar-refractivity contribution in [3.05, 3.63) is 29.6 Å². The van der Waals surface area contributed by atoms with E-state index >= 15 is 0 Å². The molecule has 0 radical (unpaired) electrons. The molecule has 1 amide bonds. The number of carbonyl (C=O) groups excluding carboxylic acids is 1. The first-order valence-corrected chi connectivity index (χ1v) is 10.7. The predicted octanol–water partition coefficient (Wildman–Crippen LogP) is 3.82. The minimum Gasteiger partial charge on any atom is -0.368 e. The van der Waals surface area contributed by atoms with Crippen LogP contribution in [-0.2, 0) is 9.53 Å². The van der Waals surface area contributed by atoms with Gasteiger partial charge in [-0.15, -0.1) is 0 Å². The topological polar surface area (TPSA) is 56.6 Å². The largest absolute Gasteiger partial charge is 0.368 e. The van der Waals surface area contributed by atoms with Gasteiger partial charge in [0, 0.05) is 26.2 Å². The molecule has 5 nitrogen and oxygen atoms in total. The molecule has 1 aliphatic carbocycles. The number of nitriles is 1. The van der Waals surface area contributed by atoms with Crippen LogP contribution in [0.1, 0.15) is 45.6 Å². The van der Waals surface area contributed by atoms with Crippen LogP contribution < -0.4 is 4.90 Å². The summed E-state index contributed by atoms with van der Waals surface area (Å²) in [6, 6.07) is 6.63. The number of piperazine rings is 1. The van der Waals surface area contributed by atoms with E-state index < -0.39 is 5.82 Å². The van der Waals surface area contributed by atoms with Crippen molar-refractivity contribution in [3.8, 4) is 6.07 Å². The van der Waals surface area contributed by atoms with Gasteiger partial charge in [-0.05, 0) is 42.7 Å². The van der Waals surface area contributed by atoms with Gasteiger partial charge in [0.2, 0.25) is 5.91 Å². The van der Waals surface area contributed by atoms with Crippen molar-refractivity contribution >= 4 is 11.6 Å².